The SMILES string of the molecule is CCn1ncnc1-c1cncc(C=O)c1. The predicted octanol–water partition coefficient (Wildman–Crippen LogP) is 1.17. The number of pyridine rings is 1. The normalized spacial score (nSPS) is 10.2. The fourth-order valence-corrected chi connectivity index (χ4v) is 1.36. The van der Waals surface area contributed by atoms with Crippen molar-refractivity contribution in [2.24, 2.45) is 0 Å². The fraction of sp³-hybridized carbons (Fsp3) is 0.200. The van der Waals surface area contributed by atoms with Crippen molar-refractivity contribution in [2.75, 3.05) is 0 Å². The average molecular weight is 202 g/mol. The van der Waals surface area contributed by atoms with Crippen LogP contribution in [-0.2, 0) is 6.54 Å². The van der Waals surface area contributed by atoms with Crippen LogP contribution in [0.3, 0.4) is 0 Å². The van der Waals surface area contributed by atoms with Crippen LogP contribution in [0.2, 0.25) is 0 Å². The first-order chi connectivity index (χ1) is 7.35. The first-order valence-electron chi connectivity index (χ1n) is 4.63. The van der Waals surface area contributed by atoms with Crippen LogP contribution in [0.1, 0.15) is 17.3 Å². The summed E-state index contributed by atoms with van der Waals surface area (Å²) in [5.41, 5.74) is 1.34. The molecular formula is C10H10N4O. The van der Waals surface area contributed by atoms with E-state index in [1.165, 1.54) is 12.5 Å². The number of hydrogen-bond acceptors (Lipinski definition) is 4. The van der Waals surface area contributed by atoms with Gasteiger partial charge in [0.05, 0.1) is 0 Å². The first-order valence-corrected chi connectivity index (χ1v) is 4.63. The lowest BCUT2D eigenvalue weighted by atomic mass is 10.2. The highest BCUT2D eigenvalue weighted by Gasteiger charge is 2.06. The number of aryl methyl sites for hydroxylation is 1. The van der Waals surface area contributed by atoms with Gasteiger partial charge in [-0.25, -0.2) is 9.67 Å². The quantitative estimate of drug-likeness (QED) is 0.701. The molecule has 15 heavy (non-hydrogen) atoms. The van der Waals surface area contributed by atoms with Crippen molar-refractivity contribution in [3.8, 4) is 11.4 Å². The van der Waals surface area contributed by atoms with Crippen LogP contribution < -0.4 is 0 Å². The van der Waals surface area contributed by atoms with E-state index < -0.39 is 0 Å². The third-order valence-electron chi connectivity index (χ3n) is 2.07. The summed E-state index contributed by atoms with van der Waals surface area (Å²) in [7, 11) is 0. The Morgan fingerprint density at radius 2 is 2.33 bits per heavy atom. The number of aromatic nitrogens is 4. The van der Waals surface area contributed by atoms with Crippen molar-refractivity contribution in [3.63, 3.8) is 0 Å². The van der Waals surface area contributed by atoms with Crippen LogP contribution in [0.5, 0.6) is 0 Å². The Morgan fingerprint density at radius 3 is 3.07 bits per heavy atom. The molecule has 0 saturated heterocycles. The van der Waals surface area contributed by atoms with E-state index >= 15 is 0 Å². The van der Waals surface area contributed by atoms with E-state index in [0.29, 0.717) is 5.56 Å². The molecule has 0 aliphatic heterocycles. The largest absolute Gasteiger partial charge is 0.298 e. The molecule has 0 spiro atoms. The lowest BCUT2D eigenvalue weighted by Crippen LogP contribution is -2.00. The highest BCUT2D eigenvalue weighted by atomic mass is 16.1. The van der Waals surface area contributed by atoms with Gasteiger partial charge in [0.25, 0.3) is 0 Å². The Balaban J connectivity index is 2.48. The second-order valence-corrected chi connectivity index (χ2v) is 3.02. The molecule has 0 unspecified atom stereocenters. The summed E-state index contributed by atoms with van der Waals surface area (Å²) in [5.74, 6) is 0.730. The van der Waals surface area contributed by atoms with Gasteiger partial charge in [0, 0.05) is 30.1 Å². The number of carbonyl (C=O) groups excluding carboxylic acids is 1. The third kappa shape index (κ3) is 1.76. The van der Waals surface area contributed by atoms with Gasteiger partial charge in [-0.1, -0.05) is 0 Å². The summed E-state index contributed by atoms with van der Waals surface area (Å²) in [6, 6.07) is 1.75. The zero-order valence-electron chi connectivity index (χ0n) is 8.29. The molecule has 0 bridgehead atoms. The minimum atomic E-state index is 0.540. The van der Waals surface area contributed by atoms with Gasteiger partial charge in [-0.3, -0.25) is 9.78 Å². The minimum absolute atomic E-state index is 0.540. The predicted molar refractivity (Wildman–Crippen MR) is 54.3 cm³/mol. The zero-order valence-corrected chi connectivity index (χ0v) is 8.29. The van der Waals surface area contributed by atoms with Crippen LogP contribution >= 0.6 is 0 Å². The molecule has 0 amide bonds. The molecule has 2 heterocycles. The molecule has 0 fully saturated rings. The third-order valence-corrected chi connectivity index (χ3v) is 2.07. The molecule has 0 N–H and O–H groups in total. The molecule has 2 aromatic rings. The number of rotatable bonds is 3. The van der Waals surface area contributed by atoms with Gasteiger partial charge >= 0.3 is 0 Å². The number of carbonyl (C=O) groups is 1. The second kappa shape index (κ2) is 4.00. The molecule has 0 radical (unpaired) electrons. The van der Waals surface area contributed by atoms with Crippen LogP contribution in [0.4, 0.5) is 0 Å². The van der Waals surface area contributed by atoms with E-state index in [4.69, 9.17) is 0 Å². The standard InChI is InChI=1S/C10H10N4O/c1-2-14-10(12-7-13-14)9-3-8(6-15)4-11-5-9/h3-7H,2H2,1H3. The van der Waals surface area contributed by atoms with Gasteiger partial charge in [-0.2, -0.15) is 5.10 Å². The van der Waals surface area contributed by atoms with Gasteiger partial charge in [0.2, 0.25) is 0 Å². The highest BCUT2D eigenvalue weighted by Crippen LogP contribution is 2.15. The molecule has 0 aliphatic rings. The molecule has 0 aliphatic carbocycles. The van der Waals surface area contributed by atoms with Gasteiger partial charge in [0.1, 0.15) is 6.33 Å². The maximum atomic E-state index is 10.6. The number of hydrogen-bond donors (Lipinski definition) is 0. The van der Waals surface area contributed by atoms with Crippen molar-refractivity contribution in [1.82, 2.24) is 19.7 Å². The van der Waals surface area contributed by atoms with Gasteiger partial charge in [0.15, 0.2) is 12.1 Å². The second-order valence-electron chi connectivity index (χ2n) is 3.02. The van der Waals surface area contributed by atoms with Crippen LogP contribution in [0.25, 0.3) is 11.4 Å². The smallest absolute Gasteiger partial charge is 0.159 e. The van der Waals surface area contributed by atoms with Crippen LogP contribution in [-0.4, -0.2) is 26.0 Å². The molecule has 0 saturated carbocycles. The van der Waals surface area contributed by atoms with Crippen LogP contribution in [0.15, 0.2) is 24.8 Å². The Kier molecular flexibility index (Phi) is 2.53. The lowest BCUT2D eigenvalue weighted by Gasteiger charge is -2.02. The fourth-order valence-electron chi connectivity index (χ4n) is 1.36. The minimum Gasteiger partial charge on any atom is -0.298 e. The Morgan fingerprint density at radius 1 is 1.47 bits per heavy atom. The Hall–Kier alpha value is -2.04. The topological polar surface area (TPSA) is 60.7 Å². The van der Waals surface area contributed by atoms with Gasteiger partial charge in [-0.15, -0.1) is 0 Å². The van der Waals surface area contributed by atoms with Gasteiger partial charge in [-0.05, 0) is 13.0 Å². The highest BCUT2D eigenvalue weighted by molar-refractivity contribution is 5.76. The summed E-state index contributed by atoms with van der Waals surface area (Å²) in [4.78, 5) is 18.7. The first kappa shape index (κ1) is 9.51. The molecule has 76 valence electrons. The lowest BCUT2D eigenvalue weighted by molar-refractivity contribution is 0.112. The van der Waals surface area contributed by atoms with Gasteiger partial charge < -0.3 is 0 Å². The Bertz CT molecular complexity index is 478. The molecular weight excluding hydrogens is 192 g/mol. The molecule has 0 aromatic carbocycles. The van der Waals surface area contributed by atoms with Crippen molar-refractivity contribution in [3.05, 3.63) is 30.4 Å². The maximum Gasteiger partial charge on any atom is 0.159 e. The Labute approximate surface area is 86.8 Å². The molecule has 2 rings (SSSR count). The van der Waals surface area contributed by atoms with E-state index in [9.17, 15) is 4.79 Å². The summed E-state index contributed by atoms with van der Waals surface area (Å²) in [5, 5.41) is 4.06. The summed E-state index contributed by atoms with van der Waals surface area (Å²) in [6.07, 6.45) is 5.45. The van der Waals surface area contributed by atoms with Crippen molar-refractivity contribution in [2.45, 2.75) is 13.5 Å². The van der Waals surface area contributed by atoms with Crippen LogP contribution in [0, 0.1) is 0 Å². The number of aldehydes is 1. The maximum absolute atomic E-state index is 10.6. The summed E-state index contributed by atoms with van der Waals surface area (Å²) < 4.78 is 1.76. The summed E-state index contributed by atoms with van der Waals surface area (Å²) >= 11 is 0. The van der Waals surface area contributed by atoms with E-state index in [-0.39, 0.29) is 0 Å². The number of nitrogens with zero attached hydrogens (tertiary/aromatic N) is 4. The van der Waals surface area contributed by atoms with E-state index in [0.717, 1.165) is 24.2 Å². The molecule has 5 nitrogen and oxygen atoms in total. The molecule has 2 aromatic heterocycles. The summed E-state index contributed by atoms with van der Waals surface area (Å²) in [6.45, 7) is 2.72. The van der Waals surface area contributed by atoms with E-state index in [1.54, 1.807) is 16.9 Å². The van der Waals surface area contributed by atoms with E-state index in [2.05, 4.69) is 15.1 Å². The zero-order chi connectivity index (χ0) is 10.7. The van der Waals surface area contributed by atoms with E-state index in [1.807, 2.05) is 6.92 Å². The average Bonchev–Trinajstić information content (AvgIpc) is 2.77. The van der Waals surface area contributed by atoms with Crippen molar-refractivity contribution >= 4 is 6.29 Å². The molecule has 5 heteroatoms. The monoisotopic (exact) mass is 202 g/mol. The van der Waals surface area contributed by atoms with Crippen molar-refractivity contribution < 1.29 is 4.79 Å². The molecule has 0 atom stereocenters. The van der Waals surface area contributed by atoms with Crippen molar-refractivity contribution in [1.29, 1.82) is 0 Å².